The summed E-state index contributed by atoms with van der Waals surface area (Å²) in [6, 6.07) is 10.7. The fourth-order valence-electron chi connectivity index (χ4n) is 4.13. The monoisotopic (exact) mass is 422 g/mol. The number of hydrogen-bond acceptors (Lipinski definition) is 6. The molecule has 1 aliphatic carbocycles. The van der Waals surface area contributed by atoms with Crippen molar-refractivity contribution in [1.82, 2.24) is 15.0 Å². The molecule has 1 N–H and O–H groups in total. The van der Waals surface area contributed by atoms with Crippen LogP contribution >= 0.6 is 0 Å². The van der Waals surface area contributed by atoms with Gasteiger partial charge in [0, 0.05) is 17.7 Å². The van der Waals surface area contributed by atoms with Gasteiger partial charge in [-0.25, -0.2) is 9.48 Å². The molecule has 0 radical (unpaired) electrons. The molecule has 1 aliphatic rings. The molecule has 1 amide bonds. The second kappa shape index (κ2) is 9.16. The number of benzene rings is 2. The first-order valence-electron chi connectivity index (χ1n) is 10.5. The van der Waals surface area contributed by atoms with Crippen molar-refractivity contribution in [1.29, 1.82) is 0 Å². The quantitative estimate of drug-likeness (QED) is 0.582. The molecule has 1 saturated carbocycles. The minimum Gasteiger partial charge on any atom is -0.496 e. The lowest BCUT2D eigenvalue weighted by atomic mass is 10.0. The number of nitrogens with zero attached hydrogens (tertiary/aromatic N) is 3. The first-order valence-corrected chi connectivity index (χ1v) is 10.5. The van der Waals surface area contributed by atoms with E-state index in [1.165, 1.54) is 20.0 Å². The lowest BCUT2D eigenvalue weighted by Gasteiger charge is -2.11. The standard InChI is InChI=1S/C23H26N4O4/c1-30-21-12-16(23(29)31-2)7-8-17(21)14-27-20-13-18(9-10-19(20)25-26-27)24-22(28)11-15-5-3-4-6-15/h7-10,12-13,15H,3-6,11,14H2,1-2H3,(H,24,28). The van der Waals surface area contributed by atoms with Crippen molar-refractivity contribution in [2.45, 2.75) is 38.6 Å². The first kappa shape index (κ1) is 20.8. The fraction of sp³-hybridized carbons (Fsp3) is 0.391. The van der Waals surface area contributed by atoms with E-state index in [9.17, 15) is 9.59 Å². The van der Waals surface area contributed by atoms with E-state index in [-0.39, 0.29) is 5.91 Å². The van der Waals surface area contributed by atoms with Crippen molar-refractivity contribution >= 4 is 28.6 Å². The number of carbonyl (C=O) groups excluding carboxylic acids is 2. The van der Waals surface area contributed by atoms with E-state index in [2.05, 4.69) is 15.6 Å². The SMILES string of the molecule is COC(=O)c1ccc(Cn2nnc3ccc(NC(=O)CC4CCCC4)cc32)c(OC)c1. The van der Waals surface area contributed by atoms with Crippen molar-refractivity contribution in [2.75, 3.05) is 19.5 Å². The van der Waals surface area contributed by atoms with Crippen LogP contribution in [0.15, 0.2) is 36.4 Å². The second-order valence-electron chi connectivity index (χ2n) is 7.87. The molecule has 1 aromatic heterocycles. The minimum atomic E-state index is -0.422. The molecule has 2 aromatic carbocycles. The molecule has 8 heteroatoms. The molecule has 4 rings (SSSR count). The van der Waals surface area contributed by atoms with E-state index in [1.807, 2.05) is 24.3 Å². The van der Waals surface area contributed by atoms with E-state index in [0.717, 1.165) is 35.1 Å². The molecule has 0 spiro atoms. The maximum atomic E-state index is 12.4. The third-order valence-electron chi connectivity index (χ3n) is 5.77. The van der Waals surface area contributed by atoms with Crippen LogP contribution in [0.2, 0.25) is 0 Å². The maximum Gasteiger partial charge on any atom is 0.337 e. The summed E-state index contributed by atoms with van der Waals surface area (Å²) in [5, 5.41) is 11.5. The van der Waals surface area contributed by atoms with E-state index < -0.39 is 5.97 Å². The Bertz CT molecular complexity index is 1100. The molecule has 0 saturated heterocycles. The maximum absolute atomic E-state index is 12.4. The van der Waals surface area contributed by atoms with Crippen LogP contribution in [0, 0.1) is 5.92 Å². The lowest BCUT2D eigenvalue weighted by Crippen LogP contribution is -2.15. The van der Waals surface area contributed by atoms with Crippen molar-refractivity contribution < 1.29 is 19.1 Å². The zero-order valence-corrected chi connectivity index (χ0v) is 17.8. The van der Waals surface area contributed by atoms with Crippen LogP contribution in [-0.4, -0.2) is 41.1 Å². The number of methoxy groups -OCH3 is 2. The van der Waals surface area contributed by atoms with Crippen LogP contribution < -0.4 is 10.1 Å². The smallest absolute Gasteiger partial charge is 0.337 e. The average Bonchev–Trinajstić information content (AvgIpc) is 3.43. The van der Waals surface area contributed by atoms with Crippen molar-refractivity contribution in [2.24, 2.45) is 5.92 Å². The molecule has 0 atom stereocenters. The van der Waals surface area contributed by atoms with E-state index in [4.69, 9.17) is 9.47 Å². The molecule has 0 unspecified atom stereocenters. The molecule has 162 valence electrons. The largest absolute Gasteiger partial charge is 0.496 e. The molecule has 0 aliphatic heterocycles. The van der Waals surface area contributed by atoms with Crippen molar-refractivity contribution in [3.8, 4) is 5.75 Å². The van der Waals surface area contributed by atoms with Crippen LogP contribution in [0.5, 0.6) is 5.75 Å². The van der Waals surface area contributed by atoms with E-state index in [0.29, 0.717) is 30.2 Å². The summed E-state index contributed by atoms with van der Waals surface area (Å²) >= 11 is 0. The van der Waals surface area contributed by atoms with Gasteiger partial charge in [0.25, 0.3) is 0 Å². The summed E-state index contributed by atoms with van der Waals surface area (Å²) in [5.74, 6) is 0.684. The van der Waals surface area contributed by atoms with Gasteiger partial charge in [-0.05, 0) is 49.1 Å². The van der Waals surface area contributed by atoms with Gasteiger partial charge >= 0.3 is 5.97 Å². The number of esters is 1. The Morgan fingerprint density at radius 3 is 2.68 bits per heavy atom. The number of fused-ring (bicyclic) bond motifs is 1. The zero-order chi connectivity index (χ0) is 21.8. The number of hydrogen-bond donors (Lipinski definition) is 1. The predicted octanol–water partition coefficient (Wildman–Crippen LogP) is 3.79. The lowest BCUT2D eigenvalue weighted by molar-refractivity contribution is -0.117. The summed E-state index contributed by atoms with van der Waals surface area (Å²) in [6.45, 7) is 0.403. The number of carbonyl (C=O) groups is 2. The Labute approximate surface area is 180 Å². The van der Waals surface area contributed by atoms with Gasteiger partial charge in [0.15, 0.2) is 0 Å². The number of aromatic nitrogens is 3. The highest BCUT2D eigenvalue weighted by Gasteiger charge is 2.19. The van der Waals surface area contributed by atoms with Gasteiger partial charge in [-0.15, -0.1) is 5.10 Å². The molecule has 3 aromatic rings. The number of rotatable bonds is 7. The number of anilines is 1. The third kappa shape index (κ3) is 4.68. The summed E-state index contributed by atoms with van der Waals surface area (Å²) in [5.41, 5.74) is 3.53. The molecule has 1 heterocycles. The Kier molecular flexibility index (Phi) is 6.16. The average molecular weight is 422 g/mol. The highest BCUT2D eigenvalue weighted by Crippen LogP contribution is 2.28. The molecule has 1 fully saturated rings. The van der Waals surface area contributed by atoms with E-state index >= 15 is 0 Å². The van der Waals surface area contributed by atoms with Gasteiger partial charge in [0.1, 0.15) is 11.3 Å². The molecular weight excluding hydrogens is 396 g/mol. The van der Waals surface area contributed by atoms with Crippen LogP contribution in [0.4, 0.5) is 5.69 Å². The topological polar surface area (TPSA) is 95.3 Å². The molecular formula is C23H26N4O4. The summed E-state index contributed by atoms with van der Waals surface area (Å²) in [7, 11) is 2.89. The Balaban J connectivity index is 1.54. The fourth-order valence-corrected chi connectivity index (χ4v) is 4.13. The Morgan fingerprint density at radius 1 is 1.13 bits per heavy atom. The molecule has 0 bridgehead atoms. The molecule has 31 heavy (non-hydrogen) atoms. The predicted molar refractivity (Wildman–Crippen MR) is 116 cm³/mol. The normalized spacial score (nSPS) is 14.0. The van der Waals surface area contributed by atoms with Crippen molar-refractivity contribution in [3.05, 3.63) is 47.5 Å². The second-order valence-corrected chi connectivity index (χ2v) is 7.87. The van der Waals surface area contributed by atoms with Crippen molar-refractivity contribution in [3.63, 3.8) is 0 Å². The van der Waals surface area contributed by atoms with Crippen LogP contribution in [0.3, 0.4) is 0 Å². The Morgan fingerprint density at radius 2 is 1.94 bits per heavy atom. The van der Waals surface area contributed by atoms with Gasteiger partial charge in [-0.2, -0.15) is 0 Å². The minimum absolute atomic E-state index is 0.0466. The van der Waals surface area contributed by atoms with Gasteiger partial charge in [-0.3, -0.25) is 4.79 Å². The number of amides is 1. The van der Waals surface area contributed by atoms with Gasteiger partial charge in [0.2, 0.25) is 5.91 Å². The van der Waals surface area contributed by atoms with E-state index in [1.54, 1.807) is 23.9 Å². The van der Waals surface area contributed by atoms with Crippen LogP contribution in [-0.2, 0) is 16.1 Å². The highest BCUT2D eigenvalue weighted by molar-refractivity contribution is 5.93. The third-order valence-corrected chi connectivity index (χ3v) is 5.77. The van der Waals surface area contributed by atoms with Gasteiger partial charge < -0.3 is 14.8 Å². The van der Waals surface area contributed by atoms with Crippen LogP contribution in [0.25, 0.3) is 11.0 Å². The zero-order valence-electron chi connectivity index (χ0n) is 17.8. The Hall–Kier alpha value is -3.42. The first-order chi connectivity index (χ1) is 15.1. The summed E-state index contributed by atoms with van der Waals surface area (Å²) in [6.07, 6.45) is 5.29. The number of nitrogens with one attached hydrogen (secondary N) is 1. The van der Waals surface area contributed by atoms with Gasteiger partial charge in [-0.1, -0.05) is 24.1 Å². The molecule has 8 nitrogen and oxygen atoms in total. The number of ether oxygens (including phenoxy) is 2. The highest BCUT2D eigenvalue weighted by atomic mass is 16.5. The van der Waals surface area contributed by atoms with Gasteiger partial charge in [0.05, 0.1) is 31.8 Å². The van der Waals surface area contributed by atoms with Crippen LogP contribution in [0.1, 0.15) is 48.0 Å². The summed E-state index contributed by atoms with van der Waals surface area (Å²) in [4.78, 5) is 24.2. The summed E-state index contributed by atoms with van der Waals surface area (Å²) < 4.78 is 12.0.